The predicted octanol–water partition coefficient (Wildman–Crippen LogP) is 2.88. The number of ether oxygens (including phenoxy) is 2. The molecule has 0 aliphatic heterocycles. The maximum Gasteiger partial charge on any atom is 0.330 e. The van der Waals surface area contributed by atoms with Crippen LogP contribution in [0.25, 0.3) is 0 Å². The van der Waals surface area contributed by atoms with Crippen molar-refractivity contribution in [3.05, 3.63) is 58.7 Å². The summed E-state index contributed by atoms with van der Waals surface area (Å²) in [5.41, 5.74) is 2.61. The van der Waals surface area contributed by atoms with Crippen LogP contribution in [0.1, 0.15) is 33.1 Å². The SMILES string of the molecule is COc1ccc(C(=O)NC(C(=O)O)c2cc(C)cc(C)c2)c(OC)c1. The number of rotatable bonds is 6. The van der Waals surface area contributed by atoms with E-state index in [-0.39, 0.29) is 5.56 Å². The minimum Gasteiger partial charge on any atom is -0.497 e. The Hall–Kier alpha value is -3.02. The van der Waals surface area contributed by atoms with Gasteiger partial charge in [-0.2, -0.15) is 0 Å². The minimum atomic E-state index is -1.15. The molecule has 1 amide bonds. The Morgan fingerprint density at radius 1 is 1.00 bits per heavy atom. The first-order chi connectivity index (χ1) is 11.8. The number of carboxylic acid groups (broad SMARTS) is 1. The molecule has 0 saturated carbocycles. The van der Waals surface area contributed by atoms with Gasteiger partial charge in [0.05, 0.1) is 19.8 Å². The maximum atomic E-state index is 12.6. The Bertz CT molecular complexity index is 780. The topological polar surface area (TPSA) is 84.9 Å². The van der Waals surface area contributed by atoms with Crippen molar-refractivity contribution < 1.29 is 24.2 Å². The van der Waals surface area contributed by atoms with Gasteiger partial charge in [-0.1, -0.05) is 29.3 Å². The van der Waals surface area contributed by atoms with Gasteiger partial charge in [-0.15, -0.1) is 0 Å². The Labute approximate surface area is 146 Å². The van der Waals surface area contributed by atoms with E-state index in [1.54, 1.807) is 24.3 Å². The summed E-state index contributed by atoms with van der Waals surface area (Å²) < 4.78 is 10.3. The van der Waals surface area contributed by atoms with E-state index in [1.807, 2.05) is 19.9 Å². The molecule has 0 saturated heterocycles. The summed E-state index contributed by atoms with van der Waals surface area (Å²) in [6, 6.07) is 9.00. The highest BCUT2D eigenvalue weighted by Crippen LogP contribution is 2.25. The third-order valence-corrected chi connectivity index (χ3v) is 3.75. The van der Waals surface area contributed by atoms with Gasteiger partial charge in [-0.3, -0.25) is 4.79 Å². The fraction of sp³-hybridized carbons (Fsp3) is 0.263. The van der Waals surface area contributed by atoms with E-state index in [4.69, 9.17) is 9.47 Å². The number of hydrogen-bond acceptors (Lipinski definition) is 4. The molecule has 2 aromatic carbocycles. The molecule has 25 heavy (non-hydrogen) atoms. The monoisotopic (exact) mass is 343 g/mol. The van der Waals surface area contributed by atoms with Crippen molar-refractivity contribution >= 4 is 11.9 Å². The summed E-state index contributed by atoms with van der Waals surface area (Å²) in [7, 11) is 2.94. The summed E-state index contributed by atoms with van der Waals surface area (Å²) in [6.45, 7) is 3.76. The standard InChI is InChI=1S/C19H21NO5/c1-11-7-12(2)9-13(8-11)17(19(22)23)20-18(21)15-6-5-14(24-3)10-16(15)25-4/h5-10,17H,1-4H3,(H,20,21)(H,22,23). The normalized spacial score (nSPS) is 11.5. The molecule has 0 aliphatic rings. The number of aliphatic carboxylic acids is 1. The van der Waals surface area contributed by atoms with Crippen LogP contribution in [0.3, 0.4) is 0 Å². The molecule has 2 aromatic rings. The number of nitrogens with one attached hydrogen (secondary N) is 1. The second-order valence-electron chi connectivity index (χ2n) is 5.73. The molecule has 6 nitrogen and oxygen atoms in total. The summed E-state index contributed by atoms with van der Waals surface area (Å²) >= 11 is 0. The van der Waals surface area contributed by atoms with Crippen molar-refractivity contribution in [2.45, 2.75) is 19.9 Å². The van der Waals surface area contributed by atoms with Gasteiger partial charge in [0.2, 0.25) is 0 Å². The second kappa shape index (κ2) is 7.70. The quantitative estimate of drug-likeness (QED) is 0.842. The zero-order valence-corrected chi connectivity index (χ0v) is 14.6. The van der Waals surface area contributed by atoms with Crippen LogP contribution in [0, 0.1) is 13.8 Å². The fourth-order valence-electron chi connectivity index (χ4n) is 2.66. The molecule has 0 bridgehead atoms. The zero-order valence-electron chi connectivity index (χ0n) is 14.6. The molecule has 0 aliphatic carbocycles. The largest absolute Gasteiger partial charge is 0.497 e. The molecule has 0 heterocycles. The number of carboxylic acids is 1. The van der Waals surface area contributed by atoms with Gasteiger partial charge >= 0.3 is 5.97 Å². The number of benzene rings is 2. The third kappa shape index (κ3) is 4.29. The van der Waals surface area contributed by atoms with Crippen LogP contribution in [0.4, 0.5) is 0 Å². The van der Waals surface area contributed by atoms with Crippen LogP contribution in [0.5, 0.6) is 11.5 Å². The van der Waals surface area contributed by atoms with E-state index < -0.39 is 17.9 Å². The van der Waals surface area contributed by atoms with Crippen LogP contribution < -0.4 is 14.8 Å². The zero-order chi connectivity index (χ0) is 18.6. The van der Waals surface area contributed by atoms with Crippen LogP contribution in [-0.4, -0.2) is 31.2 Å². The lowest BCUT2D eigenvalue weighted by molar-refractivity contribution is -0.139. The van der Waals surface area contributed by atoms with Gasteiger partial charge in [-0.25, -0.2) is 4.79 Å². The summed E-state index contributed by atoms with van der Waals surface area (Å²) in [6.07, 6.45) is 0. The smallest absolute Gasteiger partial charge is 0.330 e. The Morgan fingerprint density at radius 2 is 1.64 bits per heavy atom. The van der Waals surface area contributed by atoms with E-state index in [0.29, 0.717) is 17.1 Å². The van der Waals surface area contributed by atoms with E-state index in [9.17, 15) is 14.7 Å². The van der Waals surface area contributed by atoms with Gasteiger partial charge < -0.3 is 19.9 Å². The number of amides is 1. The maximum absolute atomic E-state index is 12.6. The lowest BCUT2D eigenvalue weighted by atomic mass is 10.0. The summed E-state index contributed by atoms with van der Waals surface area (Å²) in [5, 5.41) is 12.1. The molecule has 1 atom stereocenters. The highest BCUT2D eigenvalue weighted by atomic mass is 16.5. The van der Waals surface area contributed by atoms with Crippen LogP contribution in [-0.2, 0) is 4.79 Å². The number of methoxy groups -OCH3 is 2. The molecule has 0 spiro atoms. The summed E-state index contributed by atoms with van der Waals surface area (Å²) in [4.78, 5) is 24.3. The lowest BCUT2D eigenvalue weighted by Gasteiger charge is -2.17. The molecule has 0 aromatic heterocycles. The second-order valence-corrected chi connectivity index (χ2v) is 5.73. The van der Waals surface area contributed by atoms with Gasteiger partial charge in [0, 0.05) is 6.07 Å². The number of aryl methyl sites for hydroxylation is 2. The average molecular weight is 343 g/mol. The van der Waals surface area contributed by atoms with Crippen molar-refractivity contribution in [3.63, 3.8) is 0 Å². The molecule has 6 heteroatoms. The van der Waals surface area contributed by atoms with Crippen molar-refractivity contribution in [1.29, 1.82) is 0 Å². The summed E-state index contributed by atoms with van der Waals surface area (Å²) in [5.74, 6) is -0.823. The number of carbonyl (C=O) groups is 2. The Morgan fingerprint density at radius 3 is 2.16 bits per heavy atom. The van der Waals surface area contributed by atoms with Crippen LogP contribution in [0.2, 0.25) is 0 Å². The first-order valence-electron chi connectivity index (χ1n) is 7.69. The first kappa shape index (κ1) is 18.3. The Balaban J connectivity index is 2.34. The van der Waals surface area contributed by atoms with Gasteiger partial charge in [0.25, 0.3) is 5.91 Å². The molecule has 2 N–H and O–H groups in total. The molecule has 0 radical (unpaired) electrons. The highest BCUT2D eigenvalue weighted by molar-refractivity contribution is 5.99. The van der Waals surface area contributed by atoms with Crippen LogP contribution >= 0.6 is 0 Å². The van der Waals surface area contributed by atoms with Crippen molar-refractivity contribution in [2.75, 3.05) is 14.2 Å². The van der Waals surface area contributed by atoms with Crippen LogP contribution in [0.15, 0.2) is 36.4 Å². The molecule has 132 valence electrons. The number of hydrogen-bond donors (Lipinski definition) is 2. The van der Waals surface area contributed by atoms with E-state index in [1.165, 1.54) is 20.3 Å². The van der Waals surface area contributed by atoms with Crippen molar-refractivity contribution in [2.24, 2.45) is 0 Å². The molecular weight excluding hydrogens is 322 g/mol. The third-order valence-electron chi connectivity index (χ3n) is 3.75. The van der Waals surface area contributed by atoms with Crippen molar-refractivity contribution in [3.8, 4) is 11.5 Å². The molecule has 2 rings (SSSR count). The first-order valence-corrected chi connectivity index (χ1v) is 7.69. The molecule has 1 unspecified atom stereocenters. The highest BCUT2D eigenvalue weighted by Gasteiger charge is 2.24. The van der Waals surface area contributed by atoms with E-state index >= 15 is 0 Å². The van der Waals surface area contributed by atoms with Gasteiger partial charge in [0.1, 0.15) is 11.5 Å². The molecular formula is C19H21NO5. The molecule has 0 fully saturated rings. The predicted molar refractivity (Wildman–Crippen MR) is 93.3 cm³/mol. The average Bonchev–Trinajstić information content (AvgIpc) is 2.57. The minimum absolute atomic E-state index is 0.235. The number of carbonyl (C=O) groups excluding carboxylic acids is 1. The van der Waals surface area contributed by atoms with Gasteiger partial charge in [-0.05, 0) is 31.5 Å². The van der Waals surface area contributed by atoms with E-state index in [0.717, 1.165) is 11.1 Å². The fourth-order valence-corrected chi connectivity index (χ4v) is 2.66. The van der Waals surface area contributed by atoms with E-state index in [2.05, 4.69) is 5.32 Å². The lowest BCUT2D eigenvalue weighted by Crippen LogP contribution is -2.34. The Kier molecular flexibility index (Phi) is 5.64. The van der Waals surface area contributed by atoms with Gasteiger partial charge in [0.15, 0.2) is 6.04 Å². The van der Waals surface area contributed by atoms with Crippen molar-refractivity contribution in [1.82, 2.24) is 5.32 Å².